The number of amides is 3. The third-order valence-corrected chi connectivity index (χ3v) is 7.77. The second kappa shape index (κ2) is 14.9. The number of benzene rings is 3. The van der Waals surface area contributed by atoms with Crippen molar-refractivity contribution in [2.75, 3.05) is 31.5 Å². The Balaban J connectivity index is 1.28. The largest absolute Gasteiger partial charge is 0.326 e. The van der Waals surface area contributed by atoms with Crippen LogP contribution in [0.25, 0.3) is 0 Å². The first kappa shape index (κ1) is 31.2. The van der Waals surface area contributed by atoms with Crippen LogP contribution in [0.15, 0.2) is 84.9 Å². The Labute approximate surface area is 251 Å². The van der Waals surface area contributed by atoms with Gasteiger partial charge in [-0.2, -0.15) is 0 Å². The molecule has 0 bridgehead atoms. The van der Waals surface area contributed by atoms with Crippen LogP contribution in [-0.4, -0.2) is 53.7 Å². The van der Waals surface area contributed by atoms with E-state index in [4.69, 9.17) is 0 Å². The summed E-state index contributed by atoms with van der Waals surface area (Å²) in [5.41, 5.74) is 3.92. The van der Waals surface area contributed by atoms with E-state index < -0.39 is 0 Å². The maximum absolute atomic E-state index is 13.3. The molecule has 1 aliphatic heterocycles. The van der Waals surface area contributed by atoms with Gasteiger partial charge in [-0.1, -0.05) is 93.6 Å². The molecule has 0 saturated carbocycles. The van der Waals surface area contributed by atoms with E-state index in [-0.39, 0.29) is 36.0 Å². The molecule has 0 radical (unpaired) electrons. The molecule has 4 rings (SSSR count). The summed E-state index contributed by atoms with van der Waals surface area (Å²) in [7, 11) is 0. The molecule has 3 amide bonds. The number of nitrogens with one attached hydrogen (secondary N) is 1. The van der Waals surface area contributed by atoms with Crippen LogP contribution >= 0.6 is 0 Å². The van der Waals surface area contributed by atoms with Gasteiger partial charge < -0.3 is 10.2 Å². The Morgan fingerprint density at radius 3 is 1.93 bits per heavy atom. The van der Waals surface area contributed by atoms with Crippen LogP contribution in [-0.2, 0) is 27.2 Å². The molecule has 0 atom stereocenters. The first-order valence-electron chi connectivity index (χ1n) is 15.2. The average molecular weight is 568 g/mol. The van der Waals surface area contributed by atoms with Crippen molar-refractivity contribution in [3.63, 3.8) is 0 Å². The van der Waals surface area contributed by atoms with Crippen molar-refractivity contribution in [1.82, 2.24) is 9.80 Å². The minimum Gasteiger partial charge on any atom is -0.326 e. The van der Waals surface area contributed by atoms with Crippen molar-refractivity contribution in [3.05, 3.63) is 102 Å². The third kappa shape index (κ3) is 9.95. The van der Waals surface area contributed by atoms with Crippen molar-refractivity contribution in [2.24, 2.45) is 5.41 Å². The van der Waals surface area contributed by atoms with Crippen LogP contribution in [0, 0.1) is 5.41 Å². The summed E-state index contributed by atoms with van der Waals surface area (Å²) in [5.74, 6) is 0.218. The number of likely N-dealkylation sites (tertiary alicyclic amines) is 1. The lowest BCUT2D eigenvalue weighted by molar-refractivity contribution is -0.144. The Morgan fingerprint density at radius 1 is 0.810 bits per heavy atom. The summed E-state index contributed by atoms with van der Waals surface area (Å²) in [4.78, 5) is 42.8. The lowest BCUT2D eigenvalue weighted by Gasteiger charge is -2.33. The molecule has 1 N–H and O–H groups in total. The van der Waals surface area contributed by atoms with E-state index in [0.717, 1.165) is 55.7 Å². The van der Waals surface area contributed by atoms with Gasteiger partial charge in [-0.25, -0.2) is 0 Å². The predicted molar refractivity (Wildman–Crippen MR) is 169 cm³/mol. The second-order valence-electron chi connectivity index (χ2n) is 12.6. The molecule has 0 unspecified atom stereocenters. The standard InChI is InChI=1S/C36H45N3O3/c1-36(2,3)27-33(40)37-32-17-10-16-31(26-32)30-18-22-38(23-19-30)20-11-21-39(34(41)24-28-12-6-4-7-13-28)35(42)25-29-14-8-5-9-15-29/h4-10,12-17,26,30H,11,18-25,27H2,1-3H3,(H,37,40). The van der Waals surface area contributed by atoms with Gasteiger partial charge in [0.1, 0.15) is 0 Å². The highest BCUT2D eigenvalue weighted by Crippen LogP contribution is 2.30. The molecule has 1 heterocycles. The number of anilines is 1. The number of hydrogen-bond donors (Lipinski definition) is 1. The molecule has 6 heteroatoms. The van der Waals surface area contributed by atoms with Crippen LogP contribution in [0.5, 0.6) is 0 Å². The van der Waals surface area contributed by atoms with Crippen LogP contribution in [0.1, 0.15) is 69.1 Å². The van der Waals surface area contributed by atoms with Gasteiger partial charge in [0, 0.05) is 18.7 Å². The van der Waals surface area contributed by atoms with Crippen molar-refractivity contribution < 1.29 is 14.4 Å². The number of carbonyl (C=O) groups excluding carboxylic acids is 3. The monoisotopic (exact) mass is 567 g/mol. The summed E-state index contributed by atoms with van der Waals surface area (Å²) in [6.45, 7) is 9.43. The van der Waals surface area contributed by atoms with Gasteiger partial charge in [0.25, 0.3) is 0 Å². The maximum Gasteiger partial charge on any atom is 0.233 e. The normalized spacial score (nSPS) is 14.4. The van der Waals surface area contributed by atoms with Gasteiger partial charge >= 0.3 is 0 Å². The average Bonchev–Trinajstić information content (AvgIpc) is 2.95. The first-order valence-corrected chi connectivity index (χ1v) is 15.2. The van der Waals surface area contributed by atoms with Crippen molar-refractivity contribution in [1.29, 1.82) is 0 Å². The number of piperidine rings is 1. The molecule has 0 aromatic heterocycles. The van der Waals surface area contributed by atoms with Crippen molar-refractivity contribution >= 4 is 23.4 Å². The van der Waals surface area contributed by atoms with E-state index >= 15 is 0 Å². The van der Waals surface area contributed by atoms with Gasteiger partial charge in [0.2, 0.25) is 17.7 Å². The van der Waals surface area contributed by atoms with Crippen molar-refractivity contribution in [3.8, 4) is 0 Å². The lowest BCUT2D eigenvalue weighted by atomic mass is 9.89. The fraction of sp³-hybridized carbons (Fsp3) is 0.417. The Hall–Kier alpha value is -3.77. The fourth-order valence-corrected chi connectivity index (χ4v) is 5.62. The molecule has 0 spiro atoms. The maximum atomic E-state index is 13.3. The van der Waals surface area contributed by atoms with E-state index in [1.807, 2.05) is 72.8 Å². The third-order valence-electron chi connectivity index (χ3n) is 7.77. The molecule has 1 saturated heterocycles. The summed E-state index contributed by atoms with van der Waals surface area (Å²) >= 11 is 0. The van der Waals surface area contributed by atoms with Gasteiger partial charge in [0.05, 0.1) is 12.8 Å². The topological polar surface area (TPSA) is 69.7 Å². The van der Waals surface area contributed by atoms with Gasteiger partial charge in [-0.05, 0) is 79.1 Å². The van der Waals surface area contributed by atoms with Crippen LogP contribution in [0.2, 0.25) is 0 Å². The molecule has 6 nitrogen and oxygen atoms in total. The zero-order valence-corrected chi connectivity index (χ0v) is 25.4. The minimum absolute atomic E-state index is 0.0457. The zero-order chi connectivity index (χ0) is 30.0. The summed E-state index contributed by atoms with van der Waals surface area (Å²) in [5, 5.41) is 3.06. The van der Waals surface area contributed by atoms with Gasteiger partial charge in [0.15, 0.2) is 0 Å². The van der Waals surface area contributed by atoms with E-state index in [2.05, 4.69) is 43.1 Å². The number of imide groups is 1. The summed E-state index contributed by atoms with van der Waals surface area (Å²) < 4.78 is 0. The smallest absolute Gasteiger partial charge is 0.233 e. The molecule has 0 aliphatic carbocycles. The van der Waals surface area contributed by atoms with Crippen LogP contribution < -0.4 is 5.32 Å². The SMILES string of the molecule is CC(C)(C)CC(=O)Nc1cccc(C2CCN(CCCN(C(=O)Cc3ccccc3)C(=O)Cc3ccccc3)CC2)c1. The van der Waals surface area contributed by atoms with Crippen LogP contribution in [0.3, 0.4) is 0 Å². The van der Waals surface area contributed by atoms with E-state index in [1.54, 1.807) is 0 Å². The molecule has 42 heavy (non-hydrogen) atoms. The molecule has 3 aromatic carbocycles. The highest BCUT2D eigenvalue weighted by Gasteiger charge is 2.24. The quantitative estimate of drug-likeness (QED) is 0.288. The Kier molecular flexibility index (Phi) is 11.1. The zero-order valence-electron chi connectivity index (χ0n) is 25.4. The fourth-order valence-electron chi connectivity index (χ4n) is 5.62. The minimum atomic E-state index is -0.143. The summed E-state index contributed by atoms with van der Waals surface area (Å²) in [6.07, 6.45) is 3.78. The number of carbonyl (C=O) groups is 3. The van der Waals surface area contributed by atoms with E-state index in [0.29, 0.717) is 18.9 Å². The molecular weight excluding hydrogens is 522 g/mol. The Morgan fingerprint density at radius 2 is 1.38 bits per heavy atom. The second-order valence-corrected chi connectivity index (χ2v) is 12.6. The van der Waals surface area contributed by atoms with Gasteiger partial charge in [-0.15, -0.1) is 0 Å². The lowest BCUT2D eigenvalue weighted by Crippen LogP contribution is -2.41. The van der Waals surface area contributed by atoms with Gasteiger partial charge in [-0.3, -0.25) is 19.3 Å². The van der Waals surface area contributed by atoms with E-state index in [9.17, 15) is 14.4 Å². The molecule has 3 aromatic rings. The predicted octanol–water partition coefficient (Wildman–Crippen LogP) is 6.47. The molecule has 222 valence electrons. The molecule has 1 aliphatic rings. The number of hydrogen-bond acceptors (Lipinski definition) is 4. The molecular formula is C36H45N3O3. The highest BCUT2D eigenvalue weighted by atomic mass is 16.2. The van der Waals surface area contributed by atoms with Crippen molar-refractivity contribution in [2.45, 2.75) is 65.2 Å². The number of rotatable bonds is 11. The molecule has 1 fully saturated rings. The highest BCUT2D eigenvalue weighted by molar-refractivity contribution is 5.97. The summed E-state index contributed by atoms with van der Waals surface area (Å²) in [6, 6.07) is 27.5. The van der Waals surface area contributed by atoms with E-state index in [1.165, 1.54) is 10.5 Å². The number of nitrogens with zero attached hydrogens (tertiary/aromatic N) is 2. The Bertz CT molecular complexity index is 1260. The first-order chi connectivity index (χ1) is 20.2. The van der Waals surface area contributed by atoms with Crippen LogP contribution in [0.4, 0.5) is 5.69 Å².